The van der Waals surface area contributed by atoms with Crippen molar-refractivity contribution in [1.82, 2.24) is 10.2 Å². The second-order valence-corrected chi connectivity index (χ2v) is 6.30. The molecule has 0 aliphatic carbocycles. The summed E-state index contributed by atoms with van der Waals surface area (Å²) >= 11 is 0. The van der Waals surface area contributed by atoms with Crippen molar-refractivity contribution in [3.63, 3.8) is 0 Å². The van der Waals surface area contributed by atoms with Crippen molar-refractivity contribution in [1.29, 1.82) is 0 Å². The molecule has 4 heteroatoms. The Bertz CT molecular complexity index is 874. The molecule has 0 saturated carbocycles. The number of fused-ring (bicyclic) bond motifs is 1. The third kappa shape index (κ3) is 4.03. The molecule has 128 valence electrons. The normalized spacial score (nSPS) is 12.3. The van der Waals surface area contributed by atoms with Crippen LogP contribution in [0.3, 0.4) is 0 Å². The van der Waals surface area contributed by atoms with Gasteiger partial charge in [0.25, 0.3) is 5.91 Å². The molecule has 0 saturated heterocycles. The van der Waals surface area contributed by atoms with E-state index in [1.807, 2.05) is 61.5 Å². The zero-order valence-electron chi connectivity index (χ0n) is 14.4. The maximum absolute atomic E-state index is 13.1. The first kappa shape index (κ1) is 17.1. The number of carbonyl (C=O) groups is 1. The first-order valence-corrected chi connectivity index (χ1v) is 8.23. The highest BCUT2D eigenvalue weighted by Gasteiger charge is 2.16. The van der Waals surface area contributed by atoms with Gasteiger partial charge in [0.2, 0.25) is 0 Å². The van der Waals surface area contributed by atoms with Crippen molar-refractivity contribution >= 4 is 16.7 Å². The fourth-order valence-electron chi connectivity index (χ4n) is 2.91. The maximum Gasteiger partial charge on any atom is 0.251 e. The van der Waals surface area contributed by atoms with Crippen LogP contribution in [0.25, 0.3) is 10.8 Å². The van der Waals surface area contributed by atoms with Gasteiger partial charge in [0, 0.05) is 12.1 Å². The predicted molar refractivity (Wildman–Crippen MR) is 99.1 cm³/mol. The Balaban J connectivity index is 1.73. The number of benzene rings is 3. The zero-order chi connectivity index (χ0) is 17.8. The summed E-state index contributed by atoms with van der Waals surface area (Å²) in [7, 11) is 3.88. The van der Waals surface area contributed by atoms with Gasteiger partial charge in [-0.05, 0) is 54.7 Å². The number of halogens is 1. The van der Waals surface area contributed by atoms with Crippen LogP contribution in [0.1, 0.15) is 22.0 Å². The summed E-state index contributed by atoms with van der Waals surface area (Å²) in [5.74, 6) is -0.374. The van der Waals surface area contributed by atoms with Gasteiger partial charge in [-0.3, -0.25) is 4.79 Å². The molecule has 0 aliphatic rings. The molecule has 3 aromatic rings. The number of hydrogen-bond donors (Lipinski definition) is 1. The summed E-state index contributed by atoms with van der Waals surface area (Å²) in [6.45, 7) is 0.449. The predicted octanol–water partition coefficient (Wildman–Crippen LogP) is 4.01. The molecule has 3 rings (SSSR count). The third-order valence-electron chi connectivity index (χ3n) is 4.35. The van der Waals surface area contributed by atoms with Crippen LogP contribution in [0.15, 0.2) is 66.7 Å². The Hall–Kier alpha value is -2.72. The molecule has 3 aromatic carbocycles. The van der Waals surface area contributed by atoms with E-state index in [0.717, 1.165) is 16.3 Å². The fraction of sp³-hybridized carbons (Fsp3) is 0.190. The summed E-state index contributed by atoms with van der Waals surface area (Å²) in [5, 5.41) is 5.13. The Labute approximate surface area is 147 Å². The largest absolute Gasteiger partial charge is 0.350 e. The molecule has 0 bridgehead atoms. The lowest BCUT2D eigenvalue weighted by Crippen LogP contribution is -2.34. The van der Waals surface area contributed by atoms with E-state index in [2.05, 4.69) is 5.32 Å². The molecule has 0 aromatic heterocycles. The number of nitrogens with zero attached hydrogens (tertiary/aromatic N) is 1. The smallest absolute Gasteiger partial charge is 0.251 e. The highest BCUT2D eigenvalue weighted by molar-refractivity contribution is 5.98. The highest BCUT2D eigenvalue weighted by atomic mass is 19.1. The van der Waals surface area contributed by atoms with Crippen molar-refractivity contribution in [2.45, 2.75) is 6.04 Å². The average Bonchev–Trinajstić information content (AvgIpc) is 2.62. The van der Waals surface area contributed by atoms with Gasteiger partial charge in [0.1, 0.15) is 5.82 Å². The lowest BCUT2D eigenvalue weighted by molar-refractivity contribution is 0.0942. The van der Waals surface area contributed by atoms with E-state index in [-0.39, 0.29) is 17.8 Å². The molecule has 0 radical (unpaired) electrons. The van der Waals surface area contributed by atoms with Crippen LogP contribution in [0.2, 0.25) is 0 Å². The Morgan fingerprint density at radius 3 is 2.36 bits per heavy atom. The summed E-state index contributed by atoms with van der Waals surface area (Å²) in [6, 6.07) is 20.0. The van der Waals surface area contributed by atoms with Gasteiger partial charge >= 0.3 is 0 Å². The number of likely N-dealkylation sites (N-methyl/N-ethyl adjacent to an activating group) is 1. The van der Waals surface area contributed by atoms with E-state index in [1.54, 1.807) is 12.1 Å². The molecule has 1 N–H and O–H groups in total. The number of amides is 1. The molecular formula is C21H21FN2O. The van der Waals surface area contributed by atoms with E-state index in [9.17, 15) is 9.18 Å². The first-order chi connectivity index (χ1) is 12.0. The van der Waals surface area contributed by atoms with Crippen LogP contribution in [0.4, 0.5) is 4.39 Å². The quantitative estimate of drug-likeness (QED) is 0.763. The SMILES string of the molecule is CN(C)[C@@H](CNC(=O)c1ccc2ccccc2c1)c1ccc(F)cc1. The lowest BCUT2D eigenvalue weighted by atomic mass is 10.0. The minimum Gasteiger partial charge on any atom is -0.350 e. The molecule has 25 heavy (non-hydrogen) atoms. The van der Waals surface area contributed by atoms with E-state index >= 15 is 0 Å². The molecular weight excluding hydrogens is 315 g/mol. The Morgan fingerprint density at radius 1 is 1.00 bits per heavy atom. The molecule has 3 nitrogen and oxygen atoms in total. The van der Waals surface area contributed by atoms with Crippen molar-refractivity contribution < 1.29 is 9.18 Å². The molecule has 0 aliphatic heterocycles. The molecule has 0 unspecified atom stereocenters. The maximum atomic E-state index is 13.1. The Kier molecular flexibility index (Phi) is 5.10. The molecule has 0 fully saturated rings. The van der Waals surface area contributed by atoms with E-state index < -0.39 is 0 Å². The topological polar surface area (TPSA) is 32.3 Å². The van der Waals surface area contributed by atoms with Crippen molar-refractivity contribution in [3.8, 4) is 0 Å². The second-order valence-electron chi connectivity index (χ2n) is 6.30. The van der Waals surface area contributed by atoms with Crippen LogP contribution >= 0.6 is 0 Å². The van der Waals surface area contributed by atoms with Gasteiger partial charge in [-0.15, -0.1) is 0 Å². The van der Waals surface area contributed by atoms with Crippen LogP contribution < -0.4 is 5.32 Å². The van der Waals surface area contributed by atoms with Gasteiger partial charge in [-0.1, -0.05) is 42.5 Å². The summed E-state index contributed by atoms with van der Waals surface area (Å²) in [6.07, 6.45) is 0. The highest BCUT2D eigenvalue weighted by Crippen LogP contribution is 2.19. The van der Waals surface area contributed by atoms with Crippen molar-refractivity contribution in [3.05, 3.63) is 83.7 Å². The van der Waals surface area contributed by atoms with Gasteiger partial charge in [-0.25, -0.2) is 4.39 Å². The van der Waals surface area contributed by atoms with Crippen molar-refractivity contribution in [2.24, 2.45) is 0 Å². The van der Waals surface area contributed by atoms with Crippen molar-refractivity contribution in [2.75, 3.05) is 20.6 Å². The number of hydrogen-bond acceptors (Lipinski definition) is 2. The van der Waals surface area contributed by atoms with E-state index in [4.69, 9.17) is 0 Å². The van der Waals surface area contributed by atoms with Gasteiger partial charge in [-0.2, -0.15) is 0 Å². The van der Waals surface area contributed by atoms with Crippen LogP contribution in [0, 0.1) is 5.82 Å². The molecule has 1 atom stereocenters. The van der Waals surface area contributed by atoms with Crippen LogP contribution in [-0.2, 0) is 0 Å². The Morgan fingerprint density at radius 2 is 1.68 bits per heavy atom. The van der Waals surface area contributed by atoms with Gasteiger partial charge in [0.15, 0.2) is 0 Å². The fourth-order valence-corrected chi connectivity index (χ4v) is 2.91. The zero-order valence-corrected chi connectivity index (χ0v) is 14.4. The first-order valence-electron chi connectivity index (χ1n) is 8.23. The number of rotatable bonds is 5. The third-order valence-corrected chi connectivity index (χ3v) is 4.35. The van der Waals surface area contributed by atoms with Gasteiger partial charge in [0.05, 0.1) is 6.04 Å². The number of carbonyl (C=O) groups excluding carboxylic acids is 1. The monoisotopic (exact) mass is 336 g/mol. The van der Waals surface area contributed by atoms with Gasteiger partial charge < -0.3 is 10.2 Å². The molecule has 1 amide bonds. The minimum absolute atomic E-state index is 0.0231. The van der Waals surface area contributed by atoms with E-state index in [1.165, 1.54) is 12.1 Å². The van der Waals surface area contributed by atoms with Crippen LogP contribution in [0.5, 0.6) is 0 Å². The molecule has 0 heterocycles. The summed E-state index contributed by atoms with van der Waals surface area (Å²) in [5.41, 5.74) is 1.60. The summed E-state index contributed by atoms with van der Waals surface area (Å²) in [4.78, 5) is 14.5. The number of nitrogens with one attached hydrogen (secondary N) is 1. The second kappa shape index (κ2) is 7.45. The molecule has 0 spiro atoms. The standard InChI is InChI=1S/C21H21FN2O/c1-24(2)20(16-9-11-19(22)12-10-16)14-23-21(25)18-8-7-15-5-3-4-6-17(15)13-18/h3-13,20H,14H2,1-2H3,(H,23,25)/t20-/m0/s1. The average molecular weight is 336 g/mol. The van der Waals surface area contributed by atoms with Crippen LogP contribution in [-0.4, -0.2) is 31.4 Å². The van der Waals surface area contributed by atoms with E-state index in [0.29, 0.717) is 12.1 Å². The minimum atomic E-state index is -0.263. The lowest BCUT2D eigenvalue weighted by Gasteiger charge is -2.25. The summed E-state index contributed by atoms with van der Waals surface area (Å²) < 4.78 is 13.1.